The van der Waals surface area contributed by atoms with E-state index < -0.39 is 7.14 Å². The molecule has 0 radical (unpaired) electrons. The molecule has 2 aromatic carbocycles. The third-order valence-corrected chi connectivity index (χ3v) is 6.60. The van der Waals surface area contributed by atoms with Crippen molar-refractivity contribution in [2.75, 3.05) is 0 Å². The van der Waals surface area contributed by atoms with Gasteiger partial charge < -0.3 is 8.98 Å². The second kappa shape index (κ2) is 3.72. The molecule has 0 amide bonds. The average Bonchev–Trinajstić information content (AvgIpc) is 3.04. The number of benzene rings is 2. The van der Waals surface area contributed by atoms with Crippen LogP contribution in [0.5, 0.6) is 0 Å². The zero-order valence-corrected chi connectivity index (χ0v) is 11.0. The van der Waals surface area contributed by atoms with Crippen molar-refractivity contribution in [2.45, 2.75) is 0 Å². The molecular formula is C16H11O2P. The maximum atomic E-state index is 13.6. The molecule has 1 aliphatic heterocycles. The highest BCUT2D eigenvalue weighted by Crippen LogP contribution is 2.52. The van der Waals surface area contributed by atoms with Crippen LogP contribution in [0.1, 0.15) is 0 Å². The van der Waals surface area contributed by atoms with Gasteiger partial charge in [-0.25, -0.2) is 0 Å². The SMILES string of the molecule is O=P1(c2ccccc2)c2ccccc2-c2ccoc21. The second-order valence-electron chi connectivity index (χ2n) is 4.60. The highest BCUT2D eigenvalue weighted by molar-refractivity contribution is 7.86. The zero-order valence-electron chi connectivity index (χ0n) is 10.1. The maximum absolute atomic E-state index is 13.6. The van der Waals surface area contributed by atoms with Gasteiger partial charge in [-0.15, -0.1) is 0 Å². The third-order valence-electron chi connectivity index (χ3n) is 3.58. The van der Waals surface area contributed by atoms with Crippen molar-refractivity contribution in [1.82, 2.24) is 0 Å². The molecule has 0 spiro atoms. The molecule has 4 rings (SSSR count). The number of furan rings is 1. The van der Waals surface area contributed by atoms with Crippen LogP contribution in [-0.2, 0) is 4.57 Å². The van der Waals surface area contributed by atoms with Gasteiger partial charge in [0, 0.05) is 16.2 Å². The van der Waals surface area contributed by atoms with Gasteiger partial charge >= 0.3 is 0 Å². The summed E-state index contributed by atoms with van der Waals surface area (Å²) in [4.78, 5) is 0. The summed E-state index contributed by atoms with van der Waals surface area (Å²) < 4.78 is 19.2. The van der Waals surface area contributed by atoms with Crippen LogP contribution in [0.15, 0.2) is 71.3 Å². The Morgan fingerprint density at radius 3 is 2.37 bits per heavy atom. The monoisotopic (exact) mass is 266 g/mol. The fourth-order valence-corrected chi connectivity index (χ4v) is 5.63. The summed E-state index contributed by atoms with van der Waals surface area (Å²) in [6.07, 6.45) is 1.62. The second-order valence-corrected chi connectivity index (χ2v) is 7.22. The lowest BCUT2D eigenvalue weighted by Gasteiger charge is -2.13. The minimum atomic E-state index is -2.82. The molecule has 1 aromatic heterocycles. The van der Waals surface area contributed by atoms with Crippen LogP contribution in [0.25, 0.3) is 11.1 Å². The van der Waals surface area contributed by atoms with Crippen molar-refractivity contribution in [1.29, 1.82) is 0 Å². The Kier molecular flexibility index (Phi) is 2.12. The molecule has 1 atom stereocenters. The highest BCUT2D eigenvalue weighted by atomic mass is 31.2. The molecule has 0 fully saturated rings. The molecule has 1 aliphatic rings. The van der Waals surface area contributed by atoms with E-state index in [0.29, 0.717) is 5.50 Å². The molecule has 0 bridgehead atoms. The molecule has 3 heteroatoms. The quantitative estimate of drug-likeness (QED) is 0.496. The molecule has 0 aliphatic carbocycles. The summed E-state index contributed by atoms with van der Waals surface area (Å²) in [5, 5.41) is 1.71. The zero-order chi connectivity index (χ0) is 12.9. The van der Waals surface area contributed by atoms with Crippen molar-refractivity contribution in [3.05, 3.63) is 66.9 Å². The molecule has 3 aromatic rings. The van der Waals surface area contributed by atoms with E-state index in [2.05, 4.69) is 0 Å². The first-order valence-corrected chi connectivity index (χ1v) is 7.86. The van der Waals surface area contributed by atoms with E-state index in [4.69, 9.17) is 4.42 Å². The van der Waals surface area contributed by atoms with E-state index in [0.717, 1.165) is 21.7 Å². The van der Waals surface area contributed by atoms with Gasteiger partial charge in [0.05, 0.1) is 6.26 Å². The predicted molar refractivity (Wildman–Crippen MR) is 77.1 cm³/mol. The van der Waals surface area contributed by atoms with Crippen LogP contribution in [0.2, 0.25) is 0 Å². The number of hydrogen-bond acceptors (Lipinski definition) is 2. The summed E-state index contributed by atoms with van der Waals surface area (Å²) in [6, 6.07) is 19.3. The predicted octanol–water partition coefficient (Wildman–Crippen LogP) is 2.90. The van der Waals surface area contributed by atoms with Crippen LogP contribution in [0.3, 0.4) is 0 Å². The van der Waals surface area contributed by atoms with Crippen LogP contribution in [0, 0.1) is 0 Å². The molecule has 1 unspecified atom stereocenters. The molecular weight excluding hydrogens is 255 g/mol. The number of rotatable bonds is 1. The average molecular weight is 266 g/mol. The fraction of sp³-hybridized carbons (Fsp3) is 0. The summed E-state index contributed by atoms with van der Waals surface area (Å²) in [7, 11) is -2.82. The van der Waals surface area contributed by atoms with Crippen molar-refractivity contribution in [2.24, 2.45) is 0 Å². The van der Waals surface area contributed by atoms with Gasteiger partial charge in [0.15, 0.2) is 5.50 Å². The smallest absolute Gasteiger partial charge is 0.205 e. The van der Waals surface area contributed by atoms with Gasteiger partial charge in [-0.2, -0.15) is 0 Å². The van der Waals surface area contributed by atoms with Gasteiger partial charge in [0.2, 0.25) is 7.14 Å². The summed E-state index contributed by atoms with van der Waals surface area (Å²) in [5.74, 6) is 0. The first-order chi connectivity index (χ1) is 9.32. The first kappa shape index (κ1) is 10.8. The normalized spacial score (nSPS) is 20.0. The lowest BCUT2D eigenvalue weighted by atomic mass is 10.1. The first-order valence-electron chi connectivity index (χ1n) is 6.15. The lowest BCUT2D eigenvalue weighted by molar-refractivity contribution is 0.569. The van der Waals surface area contributed by atoms with Crippen LogP contribution < -0.4 is 16.1 Å². The van der Waals surface area contributed by atoms with Gasteiger partial charge in [-0.1, -0.05) is 54.6 Å². The number of hydrogen-bond donors (Lipinski definition) is 0. The van der Waals surface area contributed by atoms with Crippen LogP contribution >= 0.6 is 7.14 Å². The Bertz CT molecular complexity index is 802. The molecule has 0 N–H and O–H groups in total. The van der Waals surface area contributed by atoms with E-state index in [1.54, 1.807) is 6.26 Å². The lowest BCUT2D eigenvalue weighted by Crippen LogP contribution is -2.19. The van der Waals surface area contributed by atoms with E-state index in [-0.39, 0.29) is 0 Å². The number of fused-ring (bicyclic) bond motifs is 3. The highest BCUT2D eigenvalue weighted by Gasteiger charge is 2.42. The molecule has 2 heterocycles. The summed E-state index contributed by atoms with van der Waals surface area (Å²) in [5.41, 5.74) is 2.60. The van der Waals surface area contributed by atoms with Crippen molar-refractivity contribution < 1.29 is 8.98 Å². The van der Waals surface area contributed by atoms with E-state index in [9.17, 15) is 4.57 Å². The topological polar surface area (TPSA) is 30.2 Å². The standard InChI is InChI=1S/C16H11O2P/c17-19(12-6-2-1-3-7-12)15-9-5-4-8-13(15)14-10-11-18-16(14)19/h1-11H. The van der Waals surface area contributed by atoms with Crippen molar-refractivity contribution in [3.8, 4) is 11.1 Å². The van der Waals surface area contributed by atoms with E-state index >= 15 is 0 Å². The fourth-order valence-electron chi connectivity index (χ4n) is 2.73. The summed E-state index contributed by atoms with van der Waals surface area (Å²) in [6.45, 7) is 0. The van der Waals surface area contributed by atoms with Gasteiger partial charge in [-0.05, 0) is 11.6 Å². The third kappa shape index (κ3) is 1.30. The Labute approximate surface area is 111 Å². The Morgan fingerprint density at radius 1 is 0.789 bits per heavy atom. The van der Waals surface area contributed by atoms with Crippen LogP contribution in [-0.4, -0.2) is 0 Å². The molecule has 2 nitrogen and oxygen atoms in total. The molecule has 0 saturated heterocycles. The maximum Gasteiger partial charge on any atom is 0.205 e. The van der Waals surface area contributed by atoms with Crippen LogP contribution in [0.4, 0.5) is 0 Å². The largest absolute Gasteiger partial charge is 0.460 e. The van der Waals surface area contributed by atoms with Crippen molar-refractivity contribution in [3.63, 3.8) is 0 Å². The molecule has 92 valence electrons. The van der Waals surface area contributed by atoms with Gasteiger partial charge in [-0.3, -0.25) is 0 Å². The van der Waals surface area contributed by atoms with Crippen molar-refractivity contribution >= 4 is 23.3 Å². The Morgan fingerprint density at radius 2 is 1.53 bits per heavy atom. The van der Waals surface area contributed by atoms with E-state index in [1.807, 2.05) is 60.7 Å². The van der Waals surface area contributed by atoms with Gasteiger partial charge in [0.1, 0.15) is 0 Å². The Balaban J connectivity index is 2.12. The van der Waals surface area contributed by atoms with Gasteiger partial charge in [0.25, 0.3) is 0 Å². The summed E-state index contributed by atoms with van der Waals surface area (Å²) >= 11 is 0. The molecule has 19 heavy (non-hydrogen) atoms. The Hall–Kier alpha value is -2.05. The molecule has 0 saturated carbocycles. The minimum absolute atomic E-state index is 0.611. The van der Waals surface area contributed by atoms with E-state index in [1.165, 1.54) is 0 Å². The minimum Gasteiger partial charge on any atom is -0.460 e.